The quantitative estimate of drug-likeness (QED) is 0.545. The summed E-state index contributed by atoms with van der Waals surface area (Å²) in [5, 5.41) is 6.77. The van der Waals surface area contributed by atoms with E-state index in [1.165, 1.54) is 0 Å². The molecule has 12 heavy (non-hydrogen) atoms. The van der Waals surface area contributed by atoms with Gasteiger partial charge >= 0.3 is 0 Å². The minimum atomic E-state index is -2.89. The number of sulfone groups is 1. The fourth-order valence-corrected chi connectivity index (χ4v) is 2.28. The van der Waals surface area contributed by atoms with Gasteiger partial charge in [-0.2, -0.15) is 0 Å². The number of thioether (sulfide) groups is 1. The molecule has 0 aliphatic carbocycles. The van der Waals surface area contributed by atoms with Crippen molar-refractivity contribution in [2.75, 3.05) is 17.3 Å². The Hall–Kier alpha value is 0.0600. The lowest BCUT2D eigenvalue weighted by atomic mass is 10.9. The van der Waals surface area contributed by atoms with Gasteiger partial charge in [0.25, 0.3) is 0 Å². The van der Waals surface area contributed by atoms with E-state index in [-0.39, 0.29) is 29.1 Å². The van der Waals surface area contributed by atoms with E-state index in [9.17, 15) is 8.42 Å². The number of amidine groups is 1. The van der Waals surface area contributed by atoms with Crippen LogP contribution in [0.25, 0.3) is 0 Å². The minimum Gasteiger partial charge on any atom is -0.379 e. The standard InChI is InChI=1S/C5H12N2O2S2.ClH/c1-2-11(8,9)4-3-10-5(6)7;/h2-4H2,1H3,(H3,6,7);1H. The molecule has 0 amide bonds. The Morgan fingerprint density at radius 2 is 2.08 bits per heavy atom. The van der Waals surface area contributed by atoms with Crippen molar-refractivity contribution in [3.63, 3.8) is 0 Å². The van der Waals surface area contributed by atoms with Crippen molar-refractivity contribution in [2.24, 2.45) is 5.73 Å². The first-order valence-corrected chi connectivity index (χ1v) is 5.96. The summed E-state index contributed by atoms with van der Waals surface area (Å²) in [7, 11) is -2.89. The summed E-state index contributed by atoms with van der Waals surface area (Å²) in [4.78, 5) is 0. The van der Waals surface area contributed by atoms with Crippen LogP contribution in [0.5, 0.6) is 0 Å². The first-order valence-electron chi connectivity index (χ1n) is 3.15. The zero-order valence-electron chi connectivity index (χ0n) is 6.74. The third kappa shape index (κ3) is 8.16. The molecule has 0 aromatic carbocycles. The first-order chi connectivity index (χ1) is 4.98. The molecule has 4 nitrogen and oxygen atoms in total. The molecule has 0 heterocycles. The second kappa shape index (κ2) is 6.56. The second-order valence-corrected chi connectivity index (χ2v) is 5.56. The van der Waals surface area contributed by atoms with Gasteiger partial charge in [0.1, 0.15) is 0 Å². The van der Waals surface area contributed by atoms with Gasteiger partial charge in [-0.15, -0.1) is 12.4 Å². The van der Waals surface area contributed by atoms with Gasteiger partial charge in [-0.1, -0.05) is 18.7 Å². The average molecular weight is 233 g/mol. The van der Waals surface area contributed by atoms with Crippen molar-refractivity contribution in [3.05, 3.63) is 0 Å². The van der Waals surface area contributed by atoms with E-state index in [1.807, 2.05) is 0 Å². The maximum atomic E-state index is 10.9. The molecule has 0 spiro atoms. The molecule has 0 atom stereocenters. The summed E-state index contributed by atoms with van der Waals surface area (Å²) in [6, 6.07) is 0. The third-order valence-corrected chi connectivity index (χ3v) is 3.78. The third-order valence-electron chi connectivity index (χ3n) is 1.09. The first kappa shape index (κ1) is 14.6. The highest BCUT2D eigenvalue weighted by atomic mass is 35.5. The number of hydrogen-bond acceptors (Lipinski definition) is 4. The SMILES string of the molecule is CCS(=O)(=O)CCSC(=N)N.Cl. The van der Waals surface area contributed by atoms with Crippen LogP contribution in [0.4, 0.5) is 0 Å². The monoisotopic (exact) mass is 232 g/mol. The van der Waals surface area contributed by atoms with Gasteiger partial charge in [-0.25, -0.2) is 8.42 Å². The Labute approximate surface area is 83.1 Å². The van der Waals surface area contributed by atoms with Gasteiger partial charge in [-0.3, -0.25) is 5.41 Å². The van der Waals surface area contributed by atoms with Crippen LogP contribution < -0.4 is 5.73 Å². The Morgan fingerprint density at radius 1 is 1.58 bits per heavy atom. The fourth-order valence-electron chi connectivity index (χ4n) is 0.423. The molecule has 0 fully saturated rings. The Morgan fingerprint density at radius 3 is 2.42 bits per heavy atom. The van der Waals surface area contributed by atoms with Crippen LogP contribution >= 0.6 is 24.2 Å². The number of nitrogens with one attached hydrogen (secondary N) is 1. The van der Waals surface area contributed by atoms with E-state index in [0.717, 1.165) is 11.8 Å². The van der Waals surface area contributed by atoms with Crippen molar-refractivity contribution >= 4 is 39.2 Å². The van der Waals surface area contributed by atoms with E-state index < -0.39 is 9.84 Å². The van der Waals surface area contributed by atoms with Gasteiger partial charge in [0.2, 0.25) is 0 Å². The van der Waals surface area contributed by atoms with Gasteiger partial charge in [0, 0.05) is 11.5 Å². The average Bonchev–Trinajstić information content (AvgIpc) is 1.87. The molecule has 0 radical (unpaired) electrons. The van der Waals surface area contributed by atoms with Gasteiger partial charge in [0.15, 0.2) is 15.0 Å². The van der Waals surface area contributed by atoms with Gasteiger partial charge in [-0.05, 0) is 0 Å². The normalized spacial score (nSPS) is 10.4. The molecular formula is C5H13ClN2O2S2. The molecule has 0 rings (SSSR count). The number of nitrogens with two attached hydrogens (primary N) is 1. The van der Waals surface area contributed by atoms with Crippen molar-refractivity contribution < 1.29 is 8.42 Å². The van der Waals surface area contributed by atoms with Gasteiger partial charge < -0.3 is 5.73 Å². The number of hydrogen-bond donors (Lipinski definition) is 2. The smallest absolute Gasteiger partial charge is 0.151 e. The molecule has 3 N–H and O–H groups in total. The highest BCUT2D eigenvalue weighted by Gasteiger charge is 2.06. The zero-order chi connectivity index (χ0) is 8.91. The number of rotatable bonds is 4. The van der Waals surface area contributed by atoms with Crippen molar-refractivity contribution in [2.45, 2.75) is 6.92 Å². The van der Waals surface area contributed by atoms with Gasteiger partial charge in [0.05, 0.1) is 5.75 Å². The van der Waals surface area contributed by atoms with Crippen LogP contribution in [0, 0.1) is 5.41 Å². The number of halogens is 1. The Kier molecular flexibility index (Phi) is 7.97. The molecule has 74 valence electrons. The van der Waals surface area contributed by atoms with Crippen LogP contribution in [0.3, 0.4) is 0 Å². The van der Waals surface area contributed by atoms with E-state index in [1.54, 1.807) is 6.92 Å². The lowest BCUT2D eigenvalue weighted by Crippen LogP contribution is -2.13. The van der Waals surface area contributed by atoms with E-state index in [2.05, 4.69) is 0 Å². The van der Waals surface area contributed by atoms with E-state index in [0.29, 0.717) is 5.75 Å². The van der Waals surface area contributed by atoms with Crippen LogP contribution in [0.1, 0.15) is 6.92 Å². The fraction of sp³-hybridized carbons (Fsp3) is 0.800. The Balaban J connectivity index is 0. The molecule has 0 unspecified atom stereocenters. The molecular weight excluding hydrogens is 220 g/mol. The predicted molar refractivity (Wildman–Crippen MR) is 55.9 cm³/mol. The minimum absolute atomic E-state index is 0. The highest BCUT2D eigenvalue weighted by Crippen LogP contribution is 2.00. The summed E-state index contributed by atoms with van der Waals surface area (Å²) >= 11 is 1.06. The summed E-state index contributed by atoms with van der Waals surface area (Å²) in [6.07, 6.45) is 0. The lowest BCUT2D eigenvalue weighted by Gasteiger charge is -1.98. The highest BCUT2D eigenvalue weighted by molar-refractivity contribution is 8.14. The molecule has 0 aromatic heterocycles. The lowest BCUT2D eigenvalue weighted by molar-refractivity contribution is 0.599. The molecule has 0 aliphatic rings. The van der Waals surface area contributed by atoms with Crippen LogP contribution in [0.2, 0.25) is 0 Å². The Bertz CT molecular complexity index is 228. The molecule has 0 saturated heterocycles. The van der Waals surface area contributed by atoms with E-state index in [4.69, 9.17) is 11.1 Å². The van der Waals surface area contributed by atoms with Crippen molar-refractivity contribution in [1.29, 1.82) is 5.41 Å². The summed E-state index contributed by atoms with van der Waals surface area (Å²) in [6.45, 7) is 1.60. The maximum absolute atomic E-state index is 10.9. The van der Waals surface area contributed by atoms with E-state index >= 15 is 0 Å². The predicted octanol–water partition coefficient (Wildman–Crippen LogP) is 0.470. The summed E-state index contributed by atoms with van der Waals surface area (Å²) in [5.74, 6) is 0.644. The van der Waals surface area contributed by atoms with Crippen LogP contribution in [0.15, 0.2) is 0 Å². The van der Waals surface area contributed by atoms with Crippen molar-refractivity contribution in [1.82, 2.24) is 0 Å². The molecule has 0 saturated carbocycles. The van der Waals surface area contributed by atoms with Crippen LogP contribution in [-0.4, -0.2) is 30.8 Å². The largest absolute Gasteiger partial charge is 0.379 e. The topological polar surface area (TPSA) is 84.0 Å². The molecule has 0 aliphatic heterocycles. The zero-order valence-corrected chi connectivity index (χ0v) is 9.19. The van der Waals surface area contributed by atoms with Crippen molar-refractivity contribution in [3.8, 4) is 0 Å². The summed E-state index contributed by atoms with van der Waals surface area (Å²) in [5.41, 5.74) is 5.01. The maximum Gasteiger partial charge on any atom is 0.151 e. The van der Waals surface area contributed by atoms with Crippen LogP contribution in [-0.2, 0) is 9.84 Å². The molecule has 0 aromatic rings. The molecule has 0 bridgehead atoms. The molecule has 7 heteroatoms. The summed E-state index contributed by atoms with van der Waals surface area (Å²) < 4.78 is 21.7. The second-order valence-electron chi connectivity index (χ2n) is 1.95.